The number of hydrogen-bond acceptors (Lipinski definition) is 2. The van der Waals surface area contributed by atoms with Gasteiger partial charge in [-0.15, -0.1) is 0 Å². The Balaban J connectivity index is 2.77. The first kappa shape index (κ1) is 11.6. The number of ether oxygens (including phenoxy) is 1. The first-order valence-electron chi connectivity index (χ1n) is 4.93. The summed E-state index contributed by atoms with van der Waals surface area (Å²) in [5, 5.41) is 0. The molecule has 72 valence electrons. The van der Waals surface area contributed by atoms with Crippen LogP contribution in [0.4, 0.5) is 0 Å². The second-order valence-electron chi connectivity index (χ2n) is 2.98. The monoisotopic (exact) mass is 172 g/mol. The van der Waals surface area contributed by atoms with Crippen LogP contribution in [0.15, 0.2) is 0 Å². The minimum atomic E-state index is 0.703. The molecule has 0 aromatic heterocycles. The van der Waals surface area contributed by atoms with Crippen LogP contribution in [0.2, 0.25) is 0 Å². The van der Waals surface area contributed by atoms with Crippen LogP contribution >= 0.6 is 0 Å². The van der Waals surface area contributed by atoms with E-state index in [4.69, 9.17) is 4.74 Å². The van der Waals surface area contributed by atoms with E-state index in [1.807, 2.05) is 0 Å². The Kier molecular flexibility index (Phi) is 10.3. The molecule has 0 bridgehead atoms. The van der Waals surface area contributed by atoms with Gasteiger partial charge in [-0.25, -0.2) is 0 Å². The third-order valence-corrected chi connectivity index (χ3v) is 1.75. The van der Waals surface area contributed by atoms with Crippen LogP contribution in [0.25, 0.3) is 0 Å². The molecule has 0 saturated carbocycles. The van der Waals surface area contributed by atoms with Crippen LogP contribution < -0.4 is 0 Å². The average Bonchev–Trinajstić information content (AvgIpc) is 2.10. The fourth-order valence-corrected chi connectivity index (χ4v) is 0.957. The lowest BCUT2D eigenvalue weighted by atomic mass is 10.2. The van der Waals surface area contributed by atoms with Crippen LogP contribution in [0.5, 0.6) is 0 Å². The summed E-state index contributed by atoms with van der Waals surface area (Å²) in [5.74, 6) is 0. The molecule has 0 aliphatic rings. The molecule has 2 heteroatoms. The summed E-state index contributed by atoms with van der Waals surface area (Å²) in [6.45, 7) is 3.91. The average molecular weight is 172 g/mol. The first-order valence-corrected chi connectivity index (χ1v) is 4.93. The van der Waals surface area contributed by atoms with Crippen molar-refractivity contribution in [2.45, 2.75) is 45.4 Å². The molecule has 0 atom stereocenters. The summed E-state index contributed by atoms with van der Waals surface area (Å²) in [5.41, 5.74) is 0. The zero-order valence-electron chi connectivity index (χ0n) is 8.05. The van der Waals surface area contributed by atoms with E-state index < -0.39 is 0 Å². The van der Waals surface area contributed by atoms with E-state index in [9.17, 15) is 4.79 Å². The van der Waals surface area contributed by atoms with Crippen molar-refractivity contribution in [3.05, 3.63) is 0 Å². The molecule has 0 rings (SSSR count). The van der Waals surface area contributed by atoms with Gasteiger partial charge in [0, 0.05) is 19.6 Å². The zero-order chi connectivity index (χ0) is 9.07. The molecule has 0 fully saturated rings. The highest BCUT2D eigenvalue weighted by Crippen LogP contribution is 1.98. The van der Waals surface area contributed by atoms with Crippen molar-refractivity contribution >= 4 is 6.29 Å². The molecular weight excluding hydrogens is 152 g/mol. The Labute approximate surface area is 75.3 Å². The molecule has 0 aromatic carbocycles. The molecule has 0 aromatic rings. The van der Waals surface area contributed by atoms with Gasteiger partial charge in [-0.05, 0) is 19.3 Å². The van der Waals surface area contributed by atoms with Gasteiger partial charge in [0.15, 0.2) is 0 Å². The van der Waals surface area contributed by atoms with Crippen molar-refractivity contribution in [1.82, 2.24) is 0 Å². The standard InChI is InChI=1S/C10H20O2/c1-2-3-9-12-10-7-5-4-6-8-11/h8H,2-7,9-10H2,1H3. The molecule has 2 nitrogen and oxygen atoms in total. The van der Waals surface area contributed by atoms with Gasteiger partial charge >= 0.3 is 0 Å². The Morgan fingerprint density at radius 2 is 1.83 bits per heavy atom. The summed E-state index contributed by atoms with van der Waals surface area (Å²) in [7, 11) is 0. The van der Waals surface area contributed by atoms with Gasteiger partial charge in [0.05, 0.1) is 0 Å². The van der Waals surface area contributed by atoms with E-state index in [1.165, 1.54) is 6.42 Å². The Hall–Kier alpha value is -0.370. The Morgan fingerprint density at radius 3 is 2.50 bits per heavy atom. The van der Waals surface area contributed by atoms with E-state index >= 15 is 0 Å². The molecular formula is C10H20O2. The van der Waals surface area contributed by atoms with Crippen molar-refractivity contribution in [2.75, 3.05) is 13.2 Å². The minimum Gasteiger partial charge on any atom is -0.381 e. The summed E-state index contributed by atoms with van der Waals surface area (Å²) < 4.78 is 5.37. The van der Waals surface area contributed by atoms with Crippen molar-refractivity contribution in [2.24, 2.45) is 0 Å². The van der Waals surface area contributed by atoms with Crippen LogP contribution in [0.3, 0.4) is 0 Å². The molecule has 0 saturated heterocycles. The lowest BCUT2D eigenvalue weighted by molar-refractivity contribution is -0.107. The van der Waals surface area contributed by atoms with Crippen molar-refractivity contribution in [1.29, 1.82) is 0 Å². The predicted octanol–water partition coefficient (Wildman–Crippen LogP) is 2.56. The molecule has 0 radical (unpaired) electrons. The number of rotatable bonds is 9. The molecule has 0 aliphatic carbocycles. The first-order chi connectivity index (χ1) is 5.91. The summed E-state index contributed by atoms with van der Waals surface area (Å²) in [6.07, 6.45) is 7.27. The molecule has 0 heterocycles. The van der Waals surface area contributed by atoms with Gasteiger partial charge in [0.1, 0.15) is 6.29 Å². The zero-order valence-corrected chi connectivity index (χ0v) is 8.05. The van der Waals surface area contributed by atoms with Crippen LogP contribution in [0, 0.1) is 0 Å². The van der Waals surface area contributed by atoms with E-state index in [0.29, 0.717) is 6.42 Å². The fraction of sp³-hybridized carbons (Fsp3) is 0.900. The van der Waals surface area contributed by atoms with Crippen LogP contribution in [-0.4, -0.2) is 19.5 Å². The molecule has 0 unspecified atom stereocenters. The smallest absolute Gasteiger partial charge is 0.119 e. The molecule has 0 aliphatic heterocycles. The van der Waals surface area contributed by atoms with Crippen LogP contribution in [-0.2, 0) is 9.53 Å². The third kappa shape index (κ3) is 9.63. The summed E-state index contributed by atoms with van der Waals surface area (Å²) in [6, 6.07) is 0. The quantitative estimate of drug-likeness (QED) is 0.394. The number of unbranched alkanes of at least 4 members (excludes halogenated alkanes) is 4. The third-order valence-electron chi connectivity index (χ3n) is 1.75. The maximum atomic E-state index is 9.95. The highest BCUT2D eigenvalue weighted by Gasteiger charge is 1.89. The largest absolute Gasteiger partial charge is 0.381 e. The van der Waals surface area contributed by atoms with Gasteiger partial charge in [-0.1, -0.05) is 19.8 Å². The Bertz CT molecular complexity index is 91.8. The van der Waals surface area contributed by atoms with Crippen molar-refractivity contribution in [3.8, 4) is 0 Å². The maximum absolute atomic E-state index is 9.95. The lowest BCUT2D eigenvalue weighted by Crippen LogP contribution is -1.96. The van der Waals surface area contributed by atoms with E-state index in [2.05, 4.69) is 6.92 Å². The molecule has 0 N–H and O–H groups in total. The SMILES string of the molecule is CCCCOCCCCCC=O. The van der Waals surface area contributed by atoms with Crippen LogP contribution in [0.1, 0.15) is 45.4 Å². The maximum Gasteiger partial charge on any atom is 0.119 e. The fourth-order valence-electron chi connectivity index (χ4n) is 0.957. The van der Waals surface area contributed by atoms with Gasteiger partial charge in [0.25, 0.3) is 0 Å². The Morgan fingerprint density at radius 1 is 1.08 bits per heavy atom. The summed E-state index contributed by atoms with van der Waals surface area (Å²) >= 11 is 0. The highest BCUT2D eigenvalue weighted by atomic mass is 16.5. The minimum absolute atomic E-state index is 0.703. The topological polar surface area (TPSA) is 26.3 Å². The van der Waals surface area contributed by atoms with Crippen molar-refractivity contribution < 1.29 is 9.53 Å². The molecule has 0 amide bonds. The number of aldehydes is 1. The van der Waals surface area contributed by atoms with E-state index in [-0.39, 0.29) is 0 Å². The summed E-state index contributed by atoms with van der Waals surface area (Å²) in [4.78, 5) is 9.95. The van der Waals surface area contributed by atoms with Crippen molar-refractivity contribution in [3.63, 3.8) is 0 Å². The van der Waals surface area contributed by atoms with Gasteiger partial charge in [-0.2, -0.15) is 0 Å². The second-order valence-corrected chi connectivity index (χ2v) is 2.98. The van der Waals surface area contributed by atoms with Gasteiger partial charge in [-0.3, -0.25) is 0 Å². The number of hydrogen-bond donors (Lipinski definition) is 0. The number of carbonyl (C=O) groups excluding carboxylic acids is 1. The molecule has 0 spiro atoms. The lowest BCUT2D eigenvalue weighted by Gasteiger charge is -2.01. The molecule has 12 heavy (non-hydrogen) atoms. The normalized spacial score (nSPS) is 10.1. The van der Waals surface area contributed by atoms with E-state index in [0.717, 1.165) is 45.2 Å². The van der Waals surface area contributed by atoms with E-state index in [1.54, 1.807) is 0 Å². The van der Waals surface area contributed by atoms with Gasteiger partial charge < -0.3 is 9.53 Å². The second kappa shape index (κ2) is 10.6. The predicted molar refractivity (Wildman–Crippen MR) is 50.3 cm³/mol. The highest BCUT2D eigenvalue weighted by molar-refractivity contribution is 5.48. The number of carbonyl (C=O) groups is 1. The van der Waals surface area contributed by atoms with Gasteiger partial charge in [0.2, 0.25) is 0 Å².